The molecule has 1 saturated carbocycles. The van der Waals surface area contributed by atoms with Crippen LogP contribution in [0.25, 0.3) is 0 Å². The van der Waals surface area contributed by atoms with Crippen LogP contribution in [-0.2, 0) is 38.3 Å². The van der Waals surface area contributed by atoms with E-state index in [4.69, 9.17) is 16.3 Å². The maximum Gasteiger partial charge on any atom is 0.329 e. The Hall–Kier alpha value is -7.89. The lowest BCUT2D eigenvalue weighted by Gasteiger charge is -2.34. The summed E-state index contributed by atoms with van der Waals surface area (Å²) in [6.45, 7) is 9.23. The molecule has 2 saturated heterocycles. The van der Waals surface area contributed by atoms with E-state index in [1.807, 2.05) is 0 Å². The average Bonchev–Trinajstić information content (AvgIpc) is 4.08. The van der Waals surface area contributed by atoms with Crippen LogP contribution in [0.2, 0.25) is 5.15 Å². The van der Waals surface area contributed by atoms with Gasteiger partial charge in [0.2, 0.25) is 48.0 Å². The number of esters is 1. The highest BCUT2D eigenvalue weighted by Crippen LogP contribution is 2.37. The van der Waals surface area contributed by atoms with E-state index in [-0.39, 0.29) is 43.8 Å². The summed E-state index contributed by atoms with van der Waals surface area (Å²) in [5.41, 5.74) is 0.706. The molecule has 2 aliphatic heterocycles. The average molecular weight is 1120 g/mol. The smallest absolute Gasteiger partial charge is 0.329 e. The molecule has 2 aromatic carbocycles. The van der Waals surface area contributed by atoms with E-state index in [9.17, 15) is 54.2 Å². The Bertz CT molecular complexity index is 2760. The molecule has 0 spiro atoms. The van der Waals surface area contributed by atoms with Crippen molar-refractivity contribution in [2.24, 2.45) is 17.8 Å². The van der Waals surface area contributed by atoms with Gasteiger partial charge in [0.1, 0.15) is 59.2 Å². The number of ether oxygens (including phenoxy) is 1. The number of halogens is 1. The third kappa shape index (κ3) is 15.2. The predicted octanol–water partition coefficient (Wildman–Crippen LogP) is 3.41. The quantitative estimate of drug-likeness (QED) is 0.0316. The maximum absolute atomic E-state index is 15.1. The Morgan fingerprint density at radius 1 is 0.835 bits per heavy atom. The van der Waals surface area contributed by atoms with Crippen molar-refractivity contribution in [3.8, 4) is 0 Å². The molecule has 24 nitrogen and oxygen atoms in total. The molecule has 0 radical (unpaired) electrons. The number of benzene rings is 2. The Kier molecular flexibility index (Phi) is 20.7. The summed E-state index contributed by atoms with van der Waals surface area (Å²) in [4.78, 5) is 141. The zero-order chi connectivity index (χ0) is 57.8. The van der Waals surface area contributed by atoms with Gasteiger partial charge in [0.05, 0.1) is 0 Å². The van der Waals surface area contributed by atoms with Crippen molar-refractivity contribution in [3.05, 3.63) is 127 Å². The number of amides is 7. The van der Waals surface area contributed by atoms with Crippen LogP contribution in [-0.4, -0.2) is 140 Å². The fraction of sp³-hybridized carbons (Fsp3) is 0.519. The number of carbonyl (C=O) groups excluding carboxylic acids is 8. The van der Waals surface area contributed by atoms with Crippen LogP contribution < -0.4 is 31.9 Å². The van der Waals surface area contributed by atoms with Gasteiger partial charge in [-0.15, -0.1) is 0 Å². The van der Waals surface area contributed by atoms with Gasteiger partial charge in [-0.05, 0) is 68.2 Å². The number of hydrogen-bond donors (Lipinski definition) is 7. The van der Waals surface area contributed by atoms with Crippen molar-refractivity contribution in [1.29, 1.82) is 0 Å². The topological polar surface area (TPSA) is 333 Å². The number of cyclic esters (lactones) is 1. The Morgan fingerprint density at radius 2 is 1.42 bits per heavy atom. The lowest BCUT2D eigenvalue weighted by Crippen LogP contribution is -2.62. The summed E-state index contributed by atoms with van der Waals surface area (Å²) in [6, 6.07) is 7.62. The van der Waals surface area contributed by atoms with Gasteiger partial charge in [-0.3, -0.25) is 53.8 Å². The molecule has 14 atom stereocenters. The second kappa shape index (κ2) is 27.1. The number of nitrogens with zero attached hydrogens (tertiary/aromatic N) is 4. The summed E-state index contributed by atoms with van der Waals surface area (Å²) in [6.07, 6.45) is 1.47. The first-order valence-corrected chi connectivity index (χ1v) is 26.8. The van der Waals surface area contributed by atoms with Gasteiger partial charge in [0, 0.05) is 47.0 Å². The van der Waals surface area contributed by atoms with Crippen LogP contribution in [0, 0.1) is 38.0 Å². The molecule has 25 heteroatoms. The van der Waals surface area contributed by atoms with Crippen molar-refractivity contribution in [3.63, 3.8) is 0 Å². The number of nitro groups is 2. The van der Waals surface area contributed by atoms with Gasteiger partial charge in [-0.2, -0.15) is 4.73 Å². The molecule has 0 bridgehead atoms. The second-order valence-electron chi connectivity index (χ2n) is 20.6. The van der Waals surface area contributed by atoms with E-state index in [1.165, 1.54) is 17.9 Å². The number of nitrogens with one attached hydrogen (secondary N) is 6. The van der Waals surface area contributed by atoms with Crippen molar-refractivity contribution in [2.75, 3.05) is 13.1 Å². The minimum Gasteiger partial charge on any atom is -0.458 e. The zero-order valence-corrected chi connectivity index (χ0v) is 45.5. The second-order valence-corrected chi connectivity index (χ2v) is 21.0. The fourth-order valence-corrected chi connectivity index (χ4v) is 10.3. The number of carbonyl (C=O) groups is 8. The van der Waals surface area contributed by atoms with Gasteiger partial charge >= 0.3 is 5.97 Å². The minimum atomic E-state index is -1.93. The fourth-order valence-electron chi connectivity index (χ4n) is 10.1. The van der Waals surface area contributed by atoms with Gasteiger partial charge in [-0.1, -0.05) is 119 Å². The van der Waals surface area contributed by atoms with Crippen LogP contribution in [0.3, 0.4) is 0 Å². The summed E-state index contributed by atoms with van der Waals surface area (Å²) in [7, 11) is 0. The highest BCUT2D eigenvalue weighted by Gasteiger charge is 2.51. The largest absolute Gasteiger partial charge is 0.458 e. The lowest BCUT2D eigenvalue weighted by molar-refractivity contribution is -0.498. The Labute approximate surface area is 461 Å². The third-order valence-electron chi connectivity index (χ3n) is 15.1. The maximum atomic E-state index is 15.1. The lowest BCUT2D eigenvalue weighted by atomic mass is 9.90. The summed E-state index contributed by atoms with van der Waals surface area (Å²) < 4.78 is 6.41. The van der Waals surface area contributed by atoms with Crippen molar-refractivity contribution in [1.82, 2.24) is 41.5 Å². The Morgan fingerprint density at radius 3 is 1.95 bits per heavy atom. The van der Waals surface area contributed by atoms with E-state index >= 15 is 9.59 Å². The zero-order valence-electron chi connectivity index (χ0n) is 44.7. The van der Waals surface area contributed by atoms with Gasteiger partial charge in [0.15, 0.2) is 0 Å². The van der Waals surface area contributed by atoms with Crippen LogP contribution in [0.4, 0.5) is 0 Å². The first-order chi connectivity index (χ1) is 37.5. The Balaban J connectivity index is 1.48. The van der Waals surface area contributed by atoms with E-state index in [0.717, 1.165) is 6.07 Å². The molecule has 7 N–H and O–H groups in total. The molecule has 6 rings (SSSR count). The van der Waals surface area contributed by atoms with Gasteiger partial charge in [-0.25, -0.2) is 4.79 Å². The molecular weight excluding hydrogens is 1050 g/mol. The molecule has 3 fully saturated rings. The molecular formula is C54H69ClN10O14. The van der Waals surface area contributed by atoms with Crippen LogP contribution >= 0.6 is 11.6 Å². The molecule has 3 aromatic rings. The van der Waals surface area contributed by atoms with Crippen molar-refractivity contribution >= 4 is 58.9 Å². The molecule has 1 aliphatic carbocycles. The number of aromatic nitrogens is 1. The van der Waals surface area contributed by atoms with Crippen LogP contribution in [0.5, 0.6) is 0 Å². The van der Waals surface area contributed by atoms with Gasteiger partial charge < -0.3 is 46.7 Å². The van der Waals surface area contributed by atoms with Gasteiger partial charge in [0.25, 0.3) is 5.91 Å². The summed E-state index contributed by atoms with van der Waals surface area (Å²) in [5.74, 6) is -11.0. The monoisotopic (exact) mass is 1120 g/mol. The SMILES string of the molecule is C/C=C\[C@H]1C[C@H]2C(=O)O[C@H](C)[C@@H](NC(=O)[C@H](C[C@@H]3C[C@H]3[N+](=O)[O-])NC(=O)c3ccc(Cl)n3O)C(=O)N[C@@H]([C@H](C)c3ccccc3)C(=O)N[C@H](CCC[N+](=O)[O-])C(=O)NC([C@H](C)c3ccccc3)C(=O)N[C@@H]([C@@H](C)CC)C(=O)N2C1. The standard InChI is InChI=1S/C54H69ClN10O14/c1-7-16-33-25-41-54(73)79-32(6)46(61-48(67)38(26-36-27-40(36)65(77)78)57-49(68)39-22-23-42(55)64(39)76)52(71)60-44(30(4)34-17-11-9-12-18-34)50(69)56-37(21-15-24-63(74)75)47(66)59-45(31(5)35-19-13-10-14-20-35)51(70)58-43(29(3)8-2)53(72)62(41)28-33/h7,9-14,16-20,22-23,29-33,36-38,40-41,43-46,76H,8,15,21,24-28H2,1-6H3,(H,56,69)(H,57,68)(H,58,70)(H,59,66)(H,60,71)(H,61,67)/b16-7-/t29-,30+,31+,32+,33-,36+,37+,38-,40+,41-,43-,44-,45?,46+/m0/s1. The summed E-state index contributed by atoms with van der Waals surface area (Å²) in [5, 5.41) is 49.6. The number of fused-ring (bicyclic) bond motifs is 1. The first kappa shape index (κ1) is 60.3. The first-order valence-electron chi connectivity index (χ1n) is 26.4. The van der Waals surface area contributed by atoms with Crippen LogP contribution in [0.1, 0.15) is 114 Å². The number of hydrogen-bond acceptors (Lipinski definition) is 14. The number of rotatable bonds is 18. The number of allylic oxidation sites excluding steroid dienone is 1. The van der Waals surface area contributed by atoms with Crippen molar-refractivity contribution < 1.29 is 58.1 Å². The summed E-state index contributed by atoms with van der Waals surface area (Å²) >= 11 is 5.98. The predicted molar refractivity (Wildman–Crippen MR) is 285 cm³/mol. The third-order valence-corrected chi connectivity index (χ3v) is 15.4. The highest BCUT2D eigenvalue weighted by molar-refractivity contribution is 6.30. The van der Waals surface area contributed by atoms with E-state index in [0.29, 0.717) is 22.3 Å². The van der Waals surface area contributed by atoms with Crippen LogP contribution in [0.15, 0.2) is 84.9 Å². The van der Waals surface area contributed by atoms with E-state index in [1.54, 1.807) is 107 Å². The minimum absolute atomic E-state index is 0.00382. The van der Waals surface area contributed by atoms with E-state index in [2.05, 4.69) is 31.9 Å². The molecule has 79 heavy (non-hydrogen) atoms. The van der Waals surface area contributed by atoms with E-state index < -0.39 is 153 Å². The normalized spacial score (nSPS) is 26.7. The molecule has 426 valence electrons. The molecule has 3 heterocycles. The van der Waals surface area contributed by atoms with Crippen molar-refractivity contribution in [2.45, 2.75) is 146 Å². The molecule has 1 aromatic heterocycles. The molecule has 1 unspecified atom stereocenters. The molecule has 3 aliphatic rings. The highest BCUT2D eigenvalue weighted by atomic mass is 35.5. The molecule has 7 amide bonds.